The molecule has 28 heavy (non-hydrogen) atoms. The molecule has 4 aromatic carbocycles. The van der Waals surface area contributed by atoms with E-state index in [0.717, 1.165) is 0 Å². The summed E-state index contributed by atoms with van der Waals surface area (Å²) in [6.45, 7) is 4.23. The fourth-order valence-electron chi connectivity index (χ4n) is 3.33. The van der Waals surface area contributed by atoms with Crippen molar-refractivity contribution in [1.82, 2.24) is 0 Å². The molecule has 0 fully saturated rings. The summed E-state index contributed by atoms with van der Waals surface area (Å²) in [4.78, 5) is 0. The third kappa shape index (κ3) is 4.29. The van der Waals surface area contributed by atoms with Gasteiger partial charge in [-0.1, -0.05) is 108 Å². The second kappa shape index (κ2) is 8.10. The van der Waals surface area contributed by atoms with Crippen molar-refractivity contribution < 1.29 is 0 Å². The molecule has 0 nitrogen and oxygen atoms in total. The van der Waals surface area contributed by atoms with E-state index in [1.54, 1.807) is 0 Å². The van der Waals surface area contributed by atoms with E-state index >= 15 is 0 Å². The van der Waals surface area contributed by atoms with Crippen LogP contribution in [-0.4, -0.2) is 0 Å². The summed E-state index contributed by atoms with van der Waals surface area (Å²) in [5.74, 6) is 0. The van der Waals surface area contributed by atoms with Gasteiger partial charge in [0.15, 0.2) is 0 Å². The van der Waals surface area contributed by atoms with E-state index in [0.29, 0.717) is 0 Å². The Bertz CT molecular complexity index is 1140. The summed E-state index contributed by atoms with van der Waals surface area (Å²) in [7, 11) is 0. The highest BCUT2D eigenvalue weighted by molar-refractivity contribution is 5.95. The van der Waals surface area contributed by atoms with Crippen molar-refractivity contribution in [3.63, 3.8) is 0 Å². The standard InChI is InChI=1S/C28H24/c1-21-7-11-23(12-8-21)15-16-25-19-26-5-3-4-6-28(26)27(20-25)18-17-24-13-9-22(2)10-14-24/h3-20H,1-2H3/b16-15-,18-17-. The third-order valence-electron chi connectivity index (χ3n) is 4.99. The number of hydrogen-bond acceptors (Lipinski definition) is 0. The minimum Gasteiger partial charge on any atom is -0.0616 e. The maximum absolute atomic E-state index is 2.26. The van der Waals surface area contributed by atoms with Crippen molar-refractivity contribution in [2.45, 2.75) is 13.8 Å². The summed E-state index contributed by atoms with van der Waals surface area (Å²) in [5, 5.41) is 2.54. The number of hydrogen-bond donors (Lipinski definition) is 0. The molecule has 0 spiro atoms. The van der Waals surface area contributed by atoms with Gasteiger partial charge in [-0.25, -0.2) is 0 Å². The monoisotopic (exact) mass is 360 g/mol. The van der Waals surface area contributed by atoms with Gasteiger partial charge in [-0.3, -0.25) is 0 Å². The van der Waals surface area contributed by atoms with Gasteiger partial charge in [0.1, 0.15) is 0 Å². The number of rotatable bonds is 4. The van der Waals surface area contributed by atoms with Crippen molar-refractivity contribution in [3.05, 3.63) is 118 Å². The van der Waals surface area contributed by atoms with Crippen molar-refractivity contribution in [2.75, 3.05) is 0 Å². The Hall–Kier alpha value is -3.38. The van der Waals surface area contributed by atoms with Gasteiger partial charge in [-0.05, 0) is 59.0 Å². The molecule has 0 saturated heterocycles. The molecule has 0 unspecified atom stereocenters. The van der Waals surface area contributed by atoms with Crippen LogP contribution in [0.4, 0.5) is 0 Å². The zero-order valence-corrected chi connectivity index (χ0v) is 16.4. The number of fused-ring (bicyclic) bond motifs is 1. The maximum Gasteiger partial charge on any atom is -0.0111 e. The lowest BCUT2D eigenvalue weighted by Gasteiger charge is -2.06. The molecule has 0 atom stereocenters. The van der Waals surface area contributed by atoms with Crippen LogP contribution in [0.3, 0.4) is 0 Å². The zero-order valence-electron chi connectivity index (χ0n) is 16.4. The maximum atomic E-state index is 2.26. The zero-order chi connectivity index (χ0) is 19.3. The van der Waals surface area contributed by atoms with Crippen molar-refractivity contribution in [3.8, 4) is 0 Å². The molecule has 0 radical (unpaired) electrons. The van der Waals surface area contributed by atoms with E-state index in [2.05, 4.69) is 123 Å². The summed E-state index contributed by atoms with van der Waals surface area (Å²) in [6, 6.07) is 30.3. The summed E-state index contributed by atoms with van der Waals surface area (Å²) in [6.07, 6.45) is 8.78. The van der Waals surface area contributed by atoms with Gasteiger partial charge >= 0.3 is 0 Å². The van der Waals surface area contributed by atoms with E-state index in [1.165, 1.54) is 44.2 Å². The summed E-state index contributed by atoms with van der Waals surface area (Å²) >= 11 is 0. The van der Waals surface area contributed by atoms with E-state index < -0.39 is 0 Å². The first-order valence-electron chi connectivity index (χ1n) is 9.70. The van der Waals surface area contributed by atoms with Gasteiger partial charge < -0.3 is 0 Å². The Kier molecular flexibility index (Phi) is 5.21. The second-order valence-electron chi connectivity index (χ2n) is 7.32. The Morgan fingerprint density at radius 2 is 1.04 bits per heavy atom. The fraction of sp³-hybridized carbons (Fsp3) is 0.0714. The number of aryl methyl sites for hydroxylation is 2. The van der Waals surface area contributed by atoms with Crippen LogP contribution in [0.2, 0.25) is 0 Å². The second-order valence-corrected chi connectivity index (χ2v) is 7.32. The van der Waals surface area contributed by atoms with Crippen molar-refractivity contribution in [2.24, 2.45) is 0 Å². The highest BCUT2D eigenvalue weighted by atomic mass is 14.1. The fourth-order valence-corrected chi connectivity index (χ4v) is 3.33. The largest absolute Gasteiger partial charge is 0.0616 e. The molecule has 136 valence electrons. The van der Waals surface area contributed by atoms with E-state index in [1.807, 2.05) is 0 Å². The molecule has 0 bridgehead atoms. The Balaban J connectivity index is 1.70. The van der Waals surface area contributed by atoms with Crippen LogP contribution in [-0.2, 0) is 0 Å². The SMILES string of the molecule is Cc1ccc(/C=C\c2cc(/C=C\c3ccc(C)cc3)c3ccccc3c2)cc1. The molecule has 0 aliphatic rings. The predicted molar refractivity (Wildman–Crippen MR) is 124 cm³/mol. The number of benzene rings is 4. The van der Waals surface area contributed by atoms with Gasteiger partial charge in [0.05, 0.1) is 0 Å². The Labute approximate surface area is 167 Å². The molecule has 0 saturated carbocycles. The first-order chi connectivity index (χ1) is 13.7. The highest BCUT2D eigenvalue weighted by Gasteiger charge is 2.01. The first kappa shape index (κ1) is 18.0. The molecule has 0 aliphatic carbocycles. The molecule has 0 N–H and O–H groups in total. The third-order valence-corrected chi connectivity index (χ3v) is 4.99. The predicted octanol–water partition coefficient (Wildman–Crippen LogP) is 7.80. The van der Waals surface area contributed by atoms with Gasteiger partial charge in [0.25, 0.3) is 0 Å². The molecule has 4 aromatic rings. The minimum absolute atomic E-state index is 1.21. The van der Waals surface area contributed by atoms with Crippen LogP contribution in [0.25, 0.3) is 35.1 Å². The van der Waals surface area contributed by atoms with Crippen molar-refractivity contribution in [1.29, 1.82) is 0 Å². The smallest absolute Gasteiger partial charge is 0.0111 e. The minimum atomic E-state index is 1.21. The molecule has 4 rings (SSSR count). The van der Waals surface area contributed by atoms with Gasteiger partial charge in [-0.2, -0.15) is 0 Å². The first-order valence-corrected chi connectivity index (χ1v) is 9.70. The van der Waals surface area contributed by atoms with E-state index in [9.17, 15) is 0 Å². The lowest BCUT2D eigenvalue weighted by molar-refractivity contribution is 1.46. The van der Waals surface area contributed by atoms with Crippen LogP contribution >= 0.6 is 0 Å². The van der Waals surface area contributed by atoms with E-state index in [4.69, 9.17) is 0 Å². The lowest BCUT2D eigenvalue weighted by atomic mass is 9.99. The highest BCUT2D eigenvalue weighted by Crippen LogP contribution is 2.24. The van der Waals surface area contributed by atoms with Crippen LogP contribution in [0.5, 0.6) is 0 Å². The van der Waals surface area contributed by atoms with Crippen LogP contribution in [0, 0.1) is 13.8 Å². The van der Waals surface area contributed by atoms with Crippen molar-refractivity contribution >= 4 is 35.1 Å². The van der Waals surface area contributed by atoms with Gasteiger partial charge in [-0.15, -0.1) is 0 Å². The molecule has 0 heterocycles. The topological polar surface area (TPSA) is 0 Å². The Morgan fingerprint density at radius 1 is 0.500 bits per heavy atom. The molecule has 0 aromatic heterocycles. The lowest BCUT2D eigenvalue weighted by Crippen LogP contribution is -1.83. The van der Waals surface area contributed by atoms with Gasteiger partial charge in [0, 0.05) is 0 Å². The Morgan fingerprint density at radius 3 is 1.68 bits per heavy atom. The average Bonchev–Trinajstić information content (AvgIpc) is 2.73. The van der Waals surface area contributed by atoms with Crippen LogP contribution in [0.1, 0.15) is 33.4 Å². The summed E-state index contributed by atoms with van der Waals surface area (Å²) in [5.41, 5.74) is 7.45. The molecular formula is C28H24. The normalized spacial score (nSPS) is 11.6. The molecular weight excluding hydrogens is 336 g/mol. The van der Waals surface area contributed by atoms with E-state index in [-0.39, 0.29) is 0 Å². The van der Waals surface area contributed by atoms with Crippen LogP contribution in [0.15, 0.2) is 84.9 Å². The molecule has 0 aliphatic heterocycles. The van der Waals surface area contributed by atoms with Gasteiger partial charge in [0.2, 0.25) is 0 Å². The quantitative estimate of drug-likeness (QED) is 0.326. The molecule has 0 amide bonds. The van der Waals surface area contributed by atoms with Crippen LogP contribution < -0.4 is 0 Å². The average molecular weight is 361 g/mol. The molecule has 0 heteroatoms. The summed E-state index contributed by atoms with van der Waals surface area (Å²) < 4.78 is 0.